The fourth-order valence-electron chi connectivity index (χ4n) is 2.26. The molecule has 0 bridgehead atoms. The Bertz CT molecular complexity index is 1070. The first kappa shape index (κ1) is 21.0. The lowest BCUT2D eigenvalue weighted by molar-refractivity contribution is -0.116. The van der Waals surface area contributed by atoms with Crippen LogP contribution in [0.3, 0.4) is 0 Å². The number of sulfonamides is 2. The predicted octanol–water partition coefficient (Wildman–Crippen LogP) is 1.04. The van der Waals surface area contributed by atoms with Crippen molar-refractivity contribution < 1.29 is 26.0 Å². The van der Waals surface area contributed by atoms with E-state index in [1.54, 1.807) is 6.92 Å². The third-order valence-electron chi connectivity index (χ3n) is 3.67. The summed E-state index contributed by atoms with van der Waals surface area (Å²) in [6, 6.07) is 8.32. The van der Waals surface area contributed by atoms with Crippen LogP contribution in [0.2, 0.25) is 0 Å². The summed E-state index contributed by atoms with van der Waals surface area (Å²) < 4.78 is 61.6. The molecule has 2 aromatic carbocycles. The smallest absolute Gasteiger partial charge is 0.243 e. The van der Waals surface area contributed by atoms with Gasteiger partial charge in [0.05, 0.1) is 16.3 Å². The number of nitrogens with two attached hydrogens (primary N) is 1. The number of nitrogens with zero attached hydrogens (tertiary/aromatic N) is 1. The number of amides is 1. The lowest BCUT2D eigenvalue weighted by atomic mass is 10.2. The second-order valence-corrected chi connectivity index (χ2v) is 9.36. The van der Waals surface area contributed by atoms with Crippen LogP contribution in [0.1, 0.15) is 5.56 Å². The van der Waals surface area contributed by atoms with Gasteiger partial charge in [0.25, 0.3) is 0 Å². The Morgan fingerprint density at radius 3 is 2.26 bits per heavy atom. The summed E-state index contributed by atoms with van der Waals surface area (Å²) in [6.45, 7) is 1.02. The van der Waals surface area contributed by atoms with Crippen LogP contribution < -0.4 is 10.5 Å². The molecule has 0 heterocycles. The summed E-state index contributed by atoms with van der Waals surface area (Å²) in [6.07, 6.45) is 0. The maximum Gasteiger partial charge on any atom is 0.243 e. The van der Waals surface area contributed by atoms with Crippen LogP contribution in [0, 0.1) is 12.7 Å². The molecule has 2 rings (SSSR count). The average molecular weight is 415 g/mol. The van der Waals surface area contributed by atoms with Crippen molar-refractivity contribution in [2.24, 2.45) is 5.14 Å². The molecule has 0 saturated carbocycles. The zero-order valence-electron chi connectivity index (χ0n) is 14.5. The predicted molar refractivity (Wildman–Crippen MR) is 97.4 cm³/mol. The Balaban J connectivity index is 2.15. The second-order valence-electron chi connectivity index (χ2n) is 5.79. The van der Waals surface area contributed by atoms with Crippen molar-refractivity contribution in [3.8, 4) is 0 Å². The summed E-state index contributed by atoms with van der Waals surface area (Å²) in [5, 5.41) is 7.54. The van der Waals surface area contributed by atoms with Crippen LogP contribution in [0.4, 0.5) is 10.1 Å². The standard InChI is InChI=1S/C16H18FN3O5S2/c1-11-3-6-13(9-15(11)26(18,22)23)19-16(21)10-20(2)27(24,25)14-7-4-12(17)5-8-14/h3-9H,10H2,1-2H3,(H,19,21)(H2,18,22,23). The molecule has 0 atom stereocenters. The summed E-state index contributed by atoms with van der Waals surface area (Å²) in [5.41, 5.74) is 0.564. The number of rotatable bonds is 6. The minimum atomic E-state index is -3.99. The van der Waals surface area contributed by atoms with E-state index in [1.807, 2.05) is 0 Å². The first-order chi connectivity index (χ1) is 12.4. The van der Waals surface area contributed by atoms with Crippen molar-refractivity contribution in [2.45, 2.75) is 16.7 Å². The molecule has 0 unspecified atom stereocenters. The molecule has 27 heavy (non-hydrogen) atoms. The number of nitrogens with one attached hydrogen (secondary N) is 1. The molecular formula is C16H18FN3O5S2. The topological polar surface area (TPSA) is 127 Å². The number of carbonyl (C=O) groups is 1. The highest BCUT2D eigenvalue weighted by molar-refractivity contribution is 7.89. The van der Waals surface area contributed by atoms with Crippen LogP contribution in [0.5, 0.6) is 0 Å². The van der Waals surface area contributed by atoms with Gasteiger partial charge in [0, 0.05) is 12.7 Å². The third kappa shape index (κ3) is 5.10. The molecule has 0 aliphatic rings. The van der Waals surface area contributed by atoms with E-state index in [4.69, 9.17) is 5.14 Å². The first-order valence-electron chi connectivity index (χ1n) is 7.56. The molecule has 0 fully saturated rings. The van der Waals surface area contributed by atoms with Gasteiger partial charge in [-0.3, -0.25) is 4.79 Å². The number of hydrogen-bond acceptors (Lipinski definition) is 5. The summed E-state index contributed by atoms with van der Waals surface area (Å²) in [4.78, 5) is 11.8. The number of likely N-dealkylation sites (N-methyl/N-ethyl adjacent to an activating group) is 1. The first-order valence-corrected chi connectivity index (χ1v) is 10.5. The van der Waals surface area contributed by atoms with Crippen LogP contribution in [-0.2, 0) is 24.8 Å². The quantitative estimate of drug-likeness (QED) is 0.729. The van der Waals surface area contributed by atoms with Crippen LogP contribution in [-0.4, -0.2) is 40.6 Å². The van der Waals surface area contributed by atoms with Gasteiger partial charge in [0.15, 0.2) is 0 Å². The average Bonchev–Trinajstić information content (AvgIpc) is 2.55. The van der Waals surface area contributed by atoms with Crippen molar-refractivity contribution in [3.05, 3.63) is 53.8 Å². The Morgan fingerprint density at radius 2 is 1.70 bits per heavy atom. The SMILES string of the molecule is Cc1ccc(NC(=O)CN(C)S(=O)(=O)c2ccc(F)cc2)cc1S(N)(=O)=O. The molecule has 1 amide bonds. The van der Waals surface area contributed by atoms with Crippen molar-refractivity contribution in [1.29, 1.82) is 0 Å². The lowest BCUT2D eigenvalue weighted by Crippen LogP contribution is -2.35. The van der Waals surface area contributed by atoms with Crippen LogP contribution in [0.25, 0.3) is 0 Å². The molecule has 2 aromatic rings. The highest BCUT2D eigenvalue weighted by atomic mass is 32.2. The van der Waals surface area contributed by atoms with Gasteiger partial charge in [-0.15, -0.1) is 0 Å². The number of hydrogen-bond donors (Lipinski definition) is 2. The van der Waals surface area contributed by atoms with E-state index in [-0.39, 0.29) is 15.5 Å². The van der Waals surface area contributed by atoms with E-state index in [2.05, 4.69) is 5.32 Å². The van der Waals surface area contributed by atoms with Gasteiger partial charge >= 0.3 is 0 Å². The zero-order chi connectivity index (χ0) is 20.4. The van der Waals surface area contributed by atoms with E-state index in [0.29, 0.717) is 5.56 Å². The largest absolute Gasteiger partial charge is 0.325 e. The van der Waals surface area contributed by atoms with Crippen molar-refractivity contribution in [1.82, 2.24) is 4.31 Å². The lowest BCUT2D eigenvalue weighted by Gasteiger charge is -2.17. The summed E-state index contributed by atoms with van der Waals surface area (Å²) >= 11 is 0. The molecule has 146 valence electrons. The van der Waals surface area contributed by atoms with Crippen molar-refractivity contribution >= 4 is 31.6 Å². The van der Waals surface area contributed by atoms with Crippen LogP contribution >= 0.6 is 0 Å². The minimum Gasteiger partial charge on any atom is -0.325 e. The van der Waals surface area contributed by atoms with Gasteiger partial charge in [0.1, 0.15) is 5.82 Å². The van der Waals surface area contributed by atoms with E-state index in [1.165, 1.54) is 25.2 Å². The number of halogens is 1. The van der Waals surface area contributed by atoms with Crippen molar-refractivity contribution in [3.63, 3.8) is 0 Å². The van der Waals surface area contributed by atoms with E-state index in [9.17, 15) is 26.0 Å². The Kier molecular flexibility index (Phi) is 6.00. The van der Waals surface area contributed by atoms with E-state index >= 15 is 0 Å². The van der Waals surface area contributed by atoms with Gasteiger partial charge in [0.2, 0.25) is 26.0 Å². The van der Waals surface area contributed by atoms with E-state index < -0.39 is 38.3 Å². The normalized spacial score (nSPS) is 12.2. The maximum absolute atomic E-state index is 12.9. The van der Waals surface area contributed by atoms with Crippen LogP contribution in [0.15, 0.2) is 52.3 Å². The number of primary sulfonamides is 1. The maximum atomic E-state index is 12.9. The molecule has 11 heteroatoms. The monoisotopic (exact) mass is 415 g/mol. The molecular weight excluding hydrogens is 397 g/mol. The van der Waals surface area contributed by atoms with Gasteiger partial charge in [-0.05, 0) is 48.9 Å². The third-order valence-corrected chi connectivity index (χ3v) is 6.54. The highest BCUT2D eigenvalue weighted by Crippen LogP contribution is 2.19. The highest BCUT2D eigenvalue weighted by Gasteiger charge is 2.23. The number of anilines is 1. The fourth-order valence-corrected chi connectivity index (χ4v) is 4.19. The summed E-state index contributed by atoms with van der Waals surface area (Å²) in [5.74, 6) is -1.27. The molecule has 8 nitrogen and oxygen atoms in total. The fraction of sp³-hybridized carbons (Fsp3) is 0.188. The Morgan fingerprint density at radius 1 is 1.11 bits per heavy atom. The number of benzene rings is 2. The zero-order valence-corrected chi connectivity index (χ0v) is 16.1. The van der Waals surface area contributed by atoms with Gasteiger partial charge in [-0.2, -0.15) is 4.31 Å². The molecule has 0 saturated heterocycles. The van der Waals surface area contributed by atoms with Gasteiger partial charge < -0.3 is 5.32 Å². The van der Waals surface area contributed by atoms with Gasteiger partial charge in [-0.1, -0.05) is 6.07 Å². The molecule has 0 spiro atoms. The molecule has 0 aliphatic carbocycles. The number of carbonyl (C=O) groups excluding carboxylic acids is 1. The molecule has 3 N–H and O–H groups in total. The molecule has 0 radical (unpaired) electrons. The number of aryl methyl sites for hydroxylation is 1. The Labute approximate surface area is 156 Å². The Hall–Kier alpha value is -2.34. The minimum absolute atomic E-state index is 0.146. The molecule has 0 aliphatic heterocycles. The summed E-state index contributed by atoms with van der Waals surface area (Å²) in [7, 11) is -6.76. The van der Waals surface area contributed by atoms with Crippen molar-refractivity contribution in [2.75, 3.05) is 18.9 Å². The second kappa shape index (κ2) is 7.72. The van der Waals surface area contributed by atoms with E-state index in [0.717, 1.165) is 28.6 Å². The molecule has 0 aromatic heterocycles. The van der Waals surface area contributed by atoms with Gasteiger partial charge in [-0.25, -0.2) is 26.4 Å².